The summed E-state index contributed by atoms with van der Waals surface area (Å²) in [4.78, 5) is 0. The SMILES string of the molecule is Cc1ccc(C)c2c(O)c(O)ccc12. The van der Waals surface area contributed by atoms with Crippen LogP contribution in [0.4, 0.5) is 0 Å². The van der Waals surface area contributed by atoms with Gasteiger partial charge in [0.2, 0.25) is 0 Å². The zero-order chi connectivity index (χ0) is 10.3. The van der Waals surface area contributed by atoms with Gasteiger partial charge in [-0.1, -0.05) is 18.2 Å². The highest BCUT2D eigenvalue weighted by Crippen LogP contribution is 2.36. The van der Waals surface area contributed by atoms with E-state index >= 15 is 0 Å². The Bertz CT molecular complexity index is 501. The molecule has 0 spiro atoms. The smallest absolute Gasteiger partial charge is 0.165 e. The van der Waals surface area contributed by atoms with E-state index in [2.05, 4.69) is 0 Å². The minimum atomic E-state index is -0.0637. The maximum absolute atomic E-state index is 9.71. The topological polar surface area (TPSA) is 40.5 Å². The molecule has 14 heavy (non-hydrogen) atoms. The number of hydrogen-bond donors (Lipinski definition) is 2. The van der Waals surface area contributed by atoms with Crippen LogP contribution in [0, 0.1) is 13.8 Å². The number of hydrogen-bond acceptors (Lipinski definition) is 2. The number of fused-ring (bicyclic) bond motifs is 1. The maximum Gasteiger partial charge on any atom is 0.165 e. The van der Waals surface area contributed by atoms with E-state index in [0.717, 1.165) is 21.9 Å². The summed E-state index contributed by atoms with van der Waals surface area (Å²) in [6, 6.07) is 7.29. The van der Waals surface area contributed by atoms with Crippen LogP contribution in [0.3, 0.4) is 0 Å². The lowest BCUT2D eigenvalue weighted by Crippen LogP contribution is -1.83. The van der Waals surface area contributed by atoms with Crippen molar-refractivity contribution >= 4 is 10.8 Å². The highest BCUT2D eigenvalue weighted by atomic mass is 16.3. The first-order valence-electron chi connectivity index (χ1n) is 4.52. The van der Waals surface area contributed by atoms with Gasteiger partial charge in [-0.25, -0.2) is 0 Å². The van der Waals surface area contributed by atoms with Crippen molar-refractivity contribution in [3.8, 4) is 11.5 Å². The van der Waals surface area contributed by atoms with E-state index in [0.29, 0.717) is 0 Å². The van der Waals surface area contributed by atoms with Crippen LogP contribution in [0.5, 0.6) is 11.5 Å². The minimum Gasteiger partial charge on any atom is -0.504 e. The molecule has 2 nitrogen and oxygen atoms in total. The van der Waals surface area contributed by atoms with Gasteiger partial charge in [0.15, 0.2) is 11.5 Å². The van der Waals surface area contributed by atoms with Crippen LogP contribution in [0.15, 0.2) is 24.3 Å². The predicted molar refractivity (Wildman–Crippen MR) is 56.8 cm³/mol. The van der Waals surface area contributed by atoms with Crippen molar-refractivity contribution in [3.63, 3.8) is 0 Å². The Kier molecular flexibility index (Phi) is 1.84. The first kappa shape index (κ1) is 8.88. The van der Waals surface area contributed by atoms with Crippen molar-refractivity contribution in [2.45, 2.75) is 13.8 Å². The molecular formula is C12H12O2. The molecule has 0 aromatic heterocycles. The lowest BCUT2D eigenvalue weighted by Gasteiger charge is -2.08. The Morgan fingerprint density at radius 1 is 0.857 bits per heavy atom. The molecule has 0 aliphatic rings. The van der Waals surface area contributed by atoms with Crippen molar-refractivity contribution in [1.29, 1.82) is 0 Å². The quantitative estimate of drug-likeness (QED) is 0.624. The van der Waals surface area contributed by atoms with E-state index in [1.54, 1.807) is 0 Å². The van der Waals surface area contributed by atoms with Crippen molar-refractivity contribution in [3.05, 3.63) is 35.4 Å². The minimum absolute atomic E-state index is 0.0244. The average Bonchev–Trinajstić information content (AvgIpc) is 2.16. The van der Waals surface area contributed by atoms with Gasteiger partial charge in [0, 0.05) is 5.39 Å². The summed E-state index contributed by atoms with van der Waals surface area (Å²) in [5.41, 5.74) is 2.07. The van der Waals surface area contributed by atoms with Gasteiger partial charge >= 0.3 is 0 Å². The van der Waals surface area contributed by atoms with Crippen LogP contribution in [0.2, 0.25) is 0 Å². The zero-order valence-electron chi connectivity index (χ0n) is 8.20. The molecule has 0 atom stereocenters. The Morgan fingerprint density at radius 2 is 1.50 bits per heavy atom. The Balaban J connectivity index is 3.01. The zero-order valence-corrected chi connectivity index (χ0v) is 8.20. The summed E-state index contributed by atoms with van der Waals surface area (Å²) >= 11 is 0. The van der Waals surface area contributed by atoms with Crippen molar-refractivity contribution in [2.75, 3.05) is 0 Å². The highest BCUT2D eigenvalue weighted by Gasteiger charge is 2.08. The number of benzene rings is 2. The molecule has 0 aliphatic carbocycles. The molecule has 0 heterocycles. The van der Waals surface area contributed by atoms with E-state index in [-0.39, 0.29) is 11.5 Å². The van der Waals surface area contributed by atoms with Gasteiger partial charge in [0.1, 0.15) is 0 Å². The van der Waals surface area contributed by atoms with Crippen molar-refractivity contribution < 1.29 is 10.2 Å². The standard InChI is InChI=1S/C12H12O2/c1-7-3-4-8(2)11-9(7)5-6-10(13)12(11)14/h3-6,13-14H,1-2H3. The summed E-state index contributed by atoms with van der Waals surface area (Å²) < 4.78 is 0. The lowest BCUT2D eigenvalue weighted by molar-refractivity contribution is 0.408. The van der Waals surface area contributed by atoms with Crippen LogP contribution in [-0.2, 0) is 0 Å². The monoisotopic (exact) mass is 188 g/mol. The van der Waals surface area contributed by atoms with E-state index < -0.39 is 0 Å². The molecule has 2 rings (SSSR count). The van der Waals surface area contributed by atoms with Crippen LogP contribution >= 0.6 is 0 Å². The number of rotatable bonds is 0. The van der Waals surface area contributed by atoms with E-state index in [1.165, 1.54) is 6.07 Å². The average molecular weight is 188 g/mol. The molecule has 0 amide bonds. The Morgan fingerprint density at radius 3 is 2.21 bits per heavy atom. The van der Waals surface area contributed by atoms with Crippen molar-refractivity contribution in [2.24, 2.45) is 0 Å². The molecule has 0 saturated carbocycles. The third kappa shape index (κ3) is 1.11. The second-order valence-corrected chi connectivity index (χ2v) is 3.56. The van der Waals surface area contributed by atoms with Crippen LogP contribution in [0.1, 0.15) is 11.1 Å². The molecule has 2 aromatic rings. The van der Waals surface area contributed by atoms with Gasteiger partial charge in [-0.15, -0.1) is 0 Å². The summed E-state index contributed by atoms with van der Waals surface area (Å²) in [5, 5.41) is 20.8. The lowest BCUT2D eigenvalue weighted by atomic mass is 10.00. The Labute approximate surface area is 82.4 Å². The number of aryl methyl sites for hydroxylation is 2. The van der Waals surface area contributed by atoms with Gasteiger partial charge in [-0.3, -0.25) is 0 Å². The van der Waals surface area contributed by atoms with Crippen LogP contribution in [0.25, 0.3) is 10.8 Å². The van der Waals surface area contributed by atoms with E-state index in [1.807, 2.05) is 32.0 Å². The molecule has 2 heteroatoms. The molecule has 0 fully saturated rings. The molecule has 0 bridgehead atoms. The summed E-state index contributed by atoms with van der Waals surface area (Å²) in [7, 11) is 0. The first-order valence-corrected chi connectivity index (χ1v) is 4.52. The summed E-state index contributed by atoms with van der Waals surface area (Å²) in [6.07, 6.45) is 0. The number of phenols is 2. The second kappa shape index (κ2) is 2.91. The fourth-order valence-corrected chi connectivity index (χ4v) is 1.73. The van der Waals surface area contributed by atoms with Crippen LogP contribution < -0.4 is 0 Å². The highest BCUT2D eigenvalue weighted by molar-refractivity contribution is 5.95. The van der Waals surface area contributed by atoms with Gasteiger partial charge in [-0.2, -0.15) is 0 Å². The normalized spacial score (nSPS) is 10.7. The van der Waals surface area contributed by atoms with Gasteiger partial charge < -0.3 is 10.2 Å². The molecule has 0 radical (unpaired) electrons. The Hall–Kier alpha value is -1.70. The predicted octanol–water partition coefficient (Wildman–Crippen LogP) is 2.87. The molecule has 2 aromatic carbocycles. The molecular weight excluding hydrogens is 176 g/mol. The molecule has 0 aliphatic heterocycles. The third-order valence-corrected chi connectivity index (χ3v) is 2.56. The molecule has 0 saturated heterocycles. The summed E-state index contributed by atoms with van der Waals surface area (Å²) in [5.74, 6) is -0.0881. The molecule has 0 unspecified atom stereocenters. The van der Waals surface area contributed by atoms with Gasteiger partial charge in [0.25, 0.3) is 0 Å². The van der Waals surface area contributed by atoms with E-state index in [9.17, 15) is 10.2 Å². The van der Waals surface area contributed by atoms with Crippen molar-refractivity contribution in [1.82, 2.24) is 0 Å². The number of phenolic OH excluding ortho intramolecular Hbond substituents is 2. The molecule has 2 N–H and O–H groups in total. The first-order chi connectivity index (χ1) is 6.61. The van der Waals surface area contributed by atoms with Gasteiger partial charge in [-0.05, 0) is 36.4 Å². The second-order valence-electron chi connectivity index (χ2n) is 3.56. The summed E-state index contributed by atoms with van der Waals surface area (Å²) in [6.45, 7) is 3.90. The number of aromatic hydroxyl groups is 2. The molecule has 72 valence electrons. The maximum atomic E-state index is 9.71. The van der Waals surface area contributed by atoms with E-state index in [4.69, 9.17) is 0 Å². The largest absolute Gasteiger partial charge is 0.504 e. The fourth-order valence-electron chi connectivity index (χ4n) is 1.73. The van der Waals surface area contributed by atoms with Crippen LogP contribution in [-0.4, -0.2) is 10.2 Å². The fraction of sp³-hybridized carbons (Fsp3) is 0.167. The third-order valence-electron chi connectivity index (χ3n) is 2.56. The van der Waals surface area contributed by atoms with Gasteiger partial charge in [0.05, 0.1) is 0 Å².